The zero-order valence-electron chi connectivity index (χ0n) is 10.2. The van der Waals surface area contributed by atoms with Gasteiger partial charge in [0.05, 0.1) is 10.7 Å². The van der Waals surface area contributed by atoms with Crippen LogP contribution >= 0.6 is 23.1 Å². The van der Waals surface area contributed by atoms with E-state index in [2.05, 4.69) is 38.1 Å². The van der Waals surface area contributed by atoms with Gasteiger partial charge in [0, 0.05) is 16.5 Å². The molecule has 0 saturated carbocycles. The van der Waals surface area contributed by atoms with E-state index in [9.17, 15) is 0 Å². The molecule has 1 heterocycles. The Hall–Kier alpha value is -0.0200. The second-order valence-corrected chi connectivity index (χ2v) is 6.76. The number of hydrogen-bond acceptors (Lipinski definition) is 3. The third kappa shape index (κ3) is 4.56. The third-order valence-electron chi connectivity index (χ3n) is 2.09. The van der Waals surface area contributed by atoms with E-state index in [-0.39, 0.29) is 5.41 Å². The van der Waals surface area contributed by atoms with E-state index >= 15 is 0 Å². The van der Waals surface area contributed by atoms with Crippen LogP contribution in [0, 0.1) is 0 Å². The van der Waals surface area contributed by atoms with Crippen LogP contribution in [0.25, 0.3) is 0 Å². The maximum atomic E-state index is 4.68. The van der Waals surface area contributed by atoms with Crippen LogP contribution in [-0.2, 0) is 11.2 Å². The van der Waals surface area contributed by atoms with Crippen LogP contribution in [0.15, 0.2) is 5.38 Å². The van der Waals surface area contributed by atoms with Gasteiger partial charge in [-0.1, -0.05) is 34.1 Å². The van der Waals surface area contributed by atoms with Crippen molar-refractivity contribution in [2.24, 2.45) is 0 Å². The van der Waals surface area contributed by atoms with E-state index in [1.165, 1.54) is 29.3 Å². The number of hydrogen-bond donors (Lipinski definition) is 0. The van der Waals surface area contributed by atoms with E-state index in [4.69, 9.17) is 0 Å². The summed E-state index contributed by atoms with van der Waals surface area (Å²) >= 11 is 3.79. The Labute approximate surface area is 102 Å². The first kappa shape index (κ1) is 13.0. The quantitative estimate of drug-likeness (QED) is 0.708. The van der Waals surface area contributed by atoms with Crippen LogP contribution in [0.2, 0.25) is 0 Å². The third-order valence-corrected chi connectivity index (χ3v) is 4.48. The summed E-state index contributed by atoms with van der Waals surface area (Å²) in [5.41, 5.74) is 1.46. The number of thioether (sulfide) groups is 1. The normalized spacial score (nSPS) is 12.0. The van der Waals surface area contributed by atoms with Crippen LogP contribution in [0.5, 0.6) is 0 Å². The van der Waals surface area contributed by atoms with E-state index in [1.54, 1.807) is 11.3 Å². The zero-order valence-corrected chi connectivity index (χ0v) is 11.8. The first-order valence-corrected chi connectivity index (χ1v) is 7.60. The molecule has 15 heavy (non-hydrogen) atoms. The maximum Gasteiger partial charge on any atom is 0.0982 e. The number of thiazole rings is 1. The fourth-order valence-electron chi connectivity index (χ4n) is 1.14. The number of rotatable bonds is 5. The summed E-state index contributed by atoms with van der Waals surface area (Å²) < 4.78 is 0. The highest BCUT2D eigenvalue weighted by atomic mass is 32.2. The lowest BCUT2D eigenvalue weighted by molar-refractivity contribution is 0.584. The van der Waals surface area contributed by atoms with E-state index in [1.807, 2.05) is 11.8 Å². The van der Waals surface area contributed by atoms with Crippen LogP contribution in [0.4, 0.5) is 0 Å². The summed E-state index contributed by atoms with van der Waals surface area (Å²) in [5, 5.41) is 3.47. The fourth-order valence-corrected chi connectivity index (χ4v) is 3.15. The van der Waals surface area contributed by atoms with Gasteiger partial charge in [0.1, 0.15) is 0 Å². The molecule has 0 aliphatic carbocycles. The highest BCUT2D eigenvalue weighted by Crippen LogP contribution is 2.26. The maximum absolute atomic E-state index is 4.68. The number of aromatic nitrogens is 1. The fraction of sp³-hybridized carbons (Fsp3) is 0.750. The molecule has 0 bridgehead atoms. The van der Waals surface area contributed by atoms with Gasteiger partial charge in [-0.3, -0.25) is 0 Å². The molecule has 0 saturated heterocycles. The molecule has 0 atom stereocenters. The second kappa shape index (κ2) is 5.90. The minimum atomic E-state index is 0.205. The van der Waals surface area contributed by atoms with Gasteiger partial charge in [-0.25, -0.2) is 4.98 Å². The van der Waals surface area contributed by atoms with E-state index < -0.39 is 0 Å². The van der Waals surface area contributed by atoms with Gasteiger partial charge in [0.15, 0.2) is 0 Å². The Kier molecular flexibility index (Phi) is 5.13. The van der Waals surface area contributed by atoms with Crippen molar-refractivity contribution in [1.82, 2.24) is 4.98 Å². The highest BCUT2D eigenvalue weighted by Gasteiger charge is 2.17. The van der Waals surface area contributed by atoms with Crippen molar-refractivity contribution in [2.45, 2.75) is 51.7 Å². The molecular formula is C12H21NS2. The Balaban J connectivity index is 2.40. The number of unbranched alkanes of at least 4 members (excludes halogenated alkanes) is 1. The molecule has 1 aromatic rings. The van der Waals surface area contributed by atoms with Gasteiger partial charge in [-0.05, 0) is 12.2 Å². The van der Waals surface area contributed by atoms with Crippen molar-refractivity contribution in [3.8, 4) is 0 Å². The minimum Gasteiger partial charge on any atom is -0.245 e. The first-order chi connectivity index (χ1) is 7.04. The molecule has 0 unspecified atom stereocenters. The van der Waals surface area contributed by atoms with Crippen molar-refractivity contribution in [1.29, 1.82) is 0 Å². The van der Waals surface area contributed by atoms with Gasteiger partial charge < -0.3 is 0 Å². The Morgan fingerprint density at radius 3 is 2.67 bits per heavy atom. The smallest absolute Gasteiger partial charge is 0.0982 e. The van der Waals surface area contributed by atoms with E-state index in [0.29, 0.717) is 0 Å². The van der Waals surface area contributed by atoms with Crippen molar-refractivity contribution in [2.75, 3.05) is 5.75 Å². The van der Waals surface area contributed by atoms with Crippen molar-refractivity contribution >= 4 is 23.1 Å². The first-order valence-electron chi connectivity index (χ1n) is 5.56. The number of nitrogens with zero attached hydrogens (tertiary/aromatic N) is 1. The van der Waals surface area contributed by atoms with Gasteiger partial charge in [-0.15, -0.1) is 11.3 Å². The molecule has 1 nitrogen and oxygen atoms in total. The molecule has 0 fully saturated rings. The van der Waals surface area contributed by atoms with Gasteiger partial charge in [0.25, 0.3) is 0 Å². The predicted molar refractivity (Wildman–Crippen MR) is 71.9 cm³/mol. The average Bonchev–Trinajstić information content (AvgIpc) is 2.60. The second-order valence-electron chi connectivity index (χ2n) is 4.80. The lowest BCUT2D eigenvalue weighted by Crippen LogP contribution is -2.10. The molecule has 0 spiro atoms. The molecule has 0 aliphatic heterocycles. The molecular weight excluding hydrogens is 222 g/mol. The molecule has 0 radical (unpaired) electrons. The standard InChI is InChI=1S/C12H21NS2/c1-5-6-7-14-8-10-9-15-11(13-10)12(2,3)4/h9H,5-8H2,1-4H3. The monoisotopic (exact) mass is 243 g/mol. The molecule has 0 N–H and O–H groups in total. The summed E-state index contributed by atoms with van der Waals surface area (Å²) in [6.07, 6.45) is 2.61. The van der Waals surface area contributed by atoms with Crippen LogP contribution in [-0.4, -0.2) is 10.7 Å². The van der Waals surface area contributed by atoms with Crippen molar-refractivity contribution in [3.05, 3.63) is 16.1 Å². The Morgan fingerprint density at radius 1 is 1.40 bits per heavy atom. The SMILES string of the molecule is CCCCSCc1csc(C(C)(C)C)n1. The van der Waals surface area contributed by atoms with Gasteiger partial charge in [0.2, 0.25) is 0 Å². The predicted octanol–water partition coefficient (Wildman–Crippen LogP) is 4.47. The largest absolute Gasteiger partial charge is 0.245 e. The molecule has 0 aromatic carbocycles. The summed E-state index contributed by atoms with van der Waals surface area (Å²) in [6, 6.07) is 0. The van der Waals surface area contributed by atoms with Crippen molar-refractivity contribution in [3.63, 3.8) is 0 Å². The van der Waals surface area contributed by atoms with Gasteiger partial charge >= 0.3 is 0 Å². The topological polar surface area (TPSA) is 12.9 Å². The lowest BCUT2D eigenvalue weighted by atomic mass is 9.98. The van der Waals surface area contributed by atoms with Crippen LogP contribution in [0.3, 0.4) is 0 Å². The molecule has 1 aromatic heterocycles. The summed E-state index contributed by atoms with van der Waals surface area (Å²) in [5.74, 6) is 2.34. The summed E-state index contributed by atoms with van der Waals surface area (Å²) in [4.78, 5) is 4.68. The van der Waals surface area contributed by atoms with E-state index in [0.717, 1.165) is 5.75 Å². The molecule has 1 rings (SSSR count). The molecule has 86 valence electrons. The molecule has 0 amide bonds. The Bertz CT molecular complexity index is 286. The van der Waals surface area contributed by atoms with Crippen LogP contribution in [0.1, 0.15) is 51.2 Å². The Morgan fingerprint density at radius 2 is 2.13 bits per heavy atom. The highest BCUT2D eigenvalue weighted by molar-refractivity contribution is 7.98. The zero-order chi connectivity index (χ0) is 11.3. The summed E-state index contributed by atoms with van der Waals surface area (Å²) in [7, 11) is 0. The molecule has 3 heteroatoms. The van der Waals surface area contributed by atoms with Crippen LogP contribution < -0.4 is 0 Å². The van der Waals surface area contributed by atoms with Gasteiger partial charge in [-0.2, -0.15) is 11.8 Å². The average molecular weight is 243 g/mol. The molecule has 0 aliphatic rings. The minimum absolute atomic E-state index is 0.205. The summed E-state index contributed by atoms with van der Waals surface area (Å²) in [6.45, 7) is 8.90. The lowest BCUT2D eigenvalue weighted by Gasteiger charge is -2.13. The van der Waals surface area contributed by atoms with Crippen molar-refractivity contribution < 1.29 is 0 Å².